The maximum Gasteiger partial charge on any atom is 0.247 e. The van der Waals surface area contributed by atoms with E-state index >= 15 is 0 Å². The van der Waals surface area contributed by atoms with Gasteiger partial charge in [0.25, 0.3) is 0 Å². The quantitative estimate of drug-likeness (QED) is 0.276. The van der Waals surface area contributed by atoms with Gasteiger partial charge < -0.3 is 4.90 Å². The summed E-state index contributed by atoms with van der Waals surface area (Å²) < 4.78 is 0. The van der Waals surface area contributed by atoms with Gasteiger partial charge in [-0.15, -0.1) is 0 Å². The number of hydrogen-bond donors (Lipinski definition) is 0. The van der Waals surface area contributed by atoms with E-state index in [-0.39, 0.29) is 6.71 Å². The van der Waals surface area contributed by atoms with Crippen molar-refractivity contribution in [1.82, 2.24) is 0 Å². The van der Waals surface area contributed by atoms with E-state index in [2.05, 4.69) is 109 Å². The highest BCUT2D eigenvalue weighted by Crippen LogP contribution is 2.39. The topological polar surface area (TPSA) is 27.0 Å². The Hall–Kier alpha value is -4.29. The molecule has 0 saturated heterocycles. The summed E-state index contributed by atoms with van der Waals surface area (Å²) in [5.41, 5.74) is 7.19. The normalized spacial score (nSPS) is 12.8. The molecule has 0 N–H and O–H groups in total. The minimum absolute atomic E-state index is 0.147. The number of hydrogen-bond acceptors (Lipinski definition) is 2. The Kier molecular flexibility index (Phi) is 3.66. The first kappa shape index (κ1) is 18.3. The predicted molar refractivity (Wildman–Crippen MR) is 140 cm³/mol. The third-order valence-electron chi connectivity index (χ3n) is 7.32. The van der Waals surface area contributed by atoms with Crippen LogP contribution in [0.3, 0.4) is 0 Å². The van der Waals surface area contributed by atoms with Crippen LogP contribution < -0.4 is 21.3 Å². The second-order valence-electron chi connectivity index (χ2n) is 8.92. The zero-order valence-corrected chi connectivity index (χ0v) is 18.2. The second-order valence-corrected chi connectivity index (χ2v) is 8.92. The van der Waals surface area contributed by atoms with Gasteiger partial charge in [0, 0.05) is 23.8 Å². The Morgan fingerprint density at radius 2 is 1.39 bits per heavy atom. The zero-order valence-electron chi connectivity index (χ0n) is 18.2. The van der Waals surface area contributed by atoms with Gasteiger partial charge in [0.15, 0.2) is 0 Å². The Morgan fingerprint density at radius 1 is 0.697 bits per heavy atom. The number of nitrogens with zero attached hydrogens (tertiary/aromatic N) is 2. The molecule has 0 aromatic heterocycles. The van der Waals surface area contributed by atoms with Crippen molar-refractivity contribution in [3.05, 3.63) is 103 Å². The van der Waals surface area contributed by atoms with Crippen LogP contribution in [-0.4, -0.2) is 13.8 Å². The molecule has 0 radical (unpaired) electrons. The molecule has 1 aliphatic rings. The van der Waals surface area contributed by atoms with E-state index in [0.29, 0.717) is 0 Å². The average molecular weight is 418 g/mol. The first-order chi connectivity index (χ1) is 16.3. The summed E-state index contributed by atoms with van der Waals surface area (Å²) in [5.74, 6) is 0. The predicted octanol–water partition coefficient (Wildman–Crippen LogP) is 5.05. The molecule has 0 spiro atoms. The van der Waals surface area contributed by atoms with Crippen LogP contribution in [0.2, 0.25) is 0 Å². The lowest BCUT2D eigenvalue weighted by molar-refractivity contribution is 1.22. The highest BCUT2D eigenvalue weighted by atomic mass is 15.1. The Labute approximate surface area is 192 Å². The van der Waals surface area contributed by atoms with Crippen LogP contribution in [0.15, 0.2) is 97.1 Å². The van der Waals surface area contributed by atoms with Gasteiger partial charge in [-0.1, -0.05) is 84.3 Å². The lowest BCUT2D eigenvalue weighted by Gasteiger charge is -2.36. The molecule has 6 aromatic carbocycles. The monoisotopic (exact) mass is 418 g/mol. The van der Waals surface area contributed by atoms with Gasteiger partial charge in [0.05, 0.1) is 11.6 Å². The summed E-state index contributed by atoms with van der Waals surface area (Å²) in [4.78, 5) is 2.33. The van der Waals surface area contributed by atoms with Crippen molar-refractivity contribution < 1.29 is 0 Å². The molecule has 0 atom stereocenters. The van der Waals surface area contributed by atoms with Gasteiger partial charge >= 0.3 is 0 Å². The smallest absolute Gasteiger partial charge is 0.247 e. The second kappa shape index (κ2) is 6.61. The van der Waals surface area contributed by atoms with Gasteiger partial charge in [-0.25, -0.2) is 0 Å². The van der Waals surface area contributed by atoms with E-state index in [1.807, 2.05) is 6.07 Å². The summed E-state index contributed by atoms with van der Waals surface area (Å²) in [6.45, 7) is 0.147. The van der Waals surface area contributed by atoms with Crippen LogP contribution in [0.25, 0.3) is 32.3 Å². The molecule has 152 valence electrons. The standard InChI is InChI=1S/C30H19BN2/c1-33-26-10-6-5-9-25(26)31(22-7-3-2-4-8-22)30-24-16-13-19-11-12-21(18-32)23-15-14-20(17-27(30)33)29(24)28(19)23/h2-17H,1H3. The minimum Gasteiger partial charge on any atom is -0.345 e. The summed E-state index contributed by atoms with van der Waals surface area (Å²) in [6, 6.07) is 37.1. The molecule has 0 amide bonds. The first-order valence-corrected chi connectivity index (χ1v) is 11.3. The summed E-state index contributed by atoms with van der Waals surface area (Å²) in [6.07, 6.45) is 0. The number of fused-ring (bicyclic) bond motifs is 3. The molecule has 7 rings (SSSR count). The molecule has 6 aromatic rings. The van der Waals surface area contributed by atoms with Crippen LogP contribution in [0.1, 0.15) is 5.56 Å². The van der Waals surface area contributed by atoms with Gasteiger partial charge in [-0.05, 0) is 56.1 Å². The summed E-state index contributed by atoms with van der Waals surface area (Å²) in [7, 11) is 2.17. The highest BCUT2D eigenvalue weighted by molar-refractivity contribution is 6.99. The Bertz CT molecular complexity index is 1750. The molecule has 3 heteroatoms. The van der Waals surface area contributed by atoms with Crippen molar-refractivity contribution in [2.45, 2.75) is 0 Å². The SMILES string of the molecule is CN1c2ccccc2B(c2ccccc2)c2c1cc1ccc3c(C#N)ccc4ccc2c1c43. The molecule has 0 unspecified atom stereocenters. The zero-order chi connectivity index (χ0) is 22.1. The molecule has 0 aliphatic carbocycles. The van der Waals surface area contributed by atoms with E-state index in [9.17, 15) is 5.26 Å². The number of benzene rings is 6. The summed E-state index contributed by atoms with van der Waals surface area (Å²) in [5, 5.41) is 16.9. The van der Waals surface area contributed by atoms with Crippen molar-refractivity contribution >= 4 is 66.8 Å². The van der Waals surface area contributed by atoms with Gasteiger partial charge in [0.2, 0.25) is 6.71 Å². The molecule has 0 saturated carbocycles. The van der Waals surface area contributed by atoms with Crippen molar-refractivity contribution in [3.8, 4) is 6.07 Å². The van der Waals surface area contributed by atoms with Crippen LogP contribution >= 0.6 is 0 Å². The lowest BCUT2D eigenvalue weighted by atomic mass is 9.34. The average Bonchev–Trinajstić information content (AvgIpc) is 2.88. The molecular weight excluding hydrogens is 399 g/mol. The van der Waals surface area contributed by atoms with E-state index in [1.54, 1.807) is 0 Å². The maximum absolute atomic E-state index is 9.74. The number of para-hydroxylation sites is 1. The van der Waals surface area contributed by atoms with Crippen molar-refractivity contribution in [3.63, 3.8) is 0 Å². The molecule has 1 aliphatic heterocycles. The van der Waals surface area contributed by atoms with E-state index in [1.165, 1.54) is 54.7 Å². The highest BCUT2D eigenvalue weighted by Gasteiger charge is 2.35. The fourth-order valence-corrected chi connectivity index (χ4v) is 5.88. The van der Waals surface area contributed by atoms with E-state index in [0.717, 1.165) is 10.9 Å². The van der Waals surface area contributed by atoms with Crippen molar-refractivity contribution in [1.29, 1.82) is 5.26 Å². The van der Waals surface area contributed by atoms with Crippen LogP contribution in [0.5, 0.6) is 0 Å². The minimum atomic E-state index is 0.147. The van der Waals surface area contributed by atoms with E-state index < -0.39 is 0 Å². The fraction of sp³-hybridized carbons (Fsp3) is 0.0333. The Balaban J connectivity index is 1.68. The summed E-state index contributed by atoms with van der Waals surface area (Å²) >= 11 is 0. The maximum atomic E-state index is 9.74. The Morgan fingerprint density at radius 3 is 2.24 bits per heavy atom. The largest absolute Gasteiger partial charge is 0.345 e. The van der Waals surface area contributed by atoms with Crippen LogP contribution in [0.4, 0.5) is 11.4 Å². The molecule has 33 heavy (non-hydrogen) atoms. The van der Waals surface area contributed by atoms with Crippen molar-refractivity contribution in [2.75, 3.05) is 11.9 Å². The molecule has 0 fully saturated rings. The van der Waals surface area contributed by atoms with Crippen LogP contribution in [0, 0.1) is 11.3 Å². The fourth-order valence-electron chi connectivity index (χ4n) is 5.88. The molecule has 1 heterocycles. The number of rotatable bonds is 1. The lowest BCUT2D eigenvalue weighted by Crippen LogP contribution is -2.57. The van der Waals surface area contributed by atoms with E-state index in [4.69, 9.17) is 0 Å². The third-order valence-corrected chi connectivity index (χ3v) is 7.32. The first-order valence-electron chi connectivity index (χ1n) is 11.3. The van der Waals surface area contributed by atoms with Gasteiger partial charge in [-0.3, -0.25) is 0 Å². The van der Waals surface area contributed by atoms with Crippen molar-refractivity contribution in [2.24, 2.45) is 0 Å². The van der Waals surface area contributed by atoms with Gasteiger partial charge in [-0.2, -0.15) is 5.26 Å². The number of anilines is 2. The van der Waals surface area contributed by atoms with Crippen LogP contribution in [-0.2, 0) is 0 Å². The molecule has 0 bridgehead atoms. The third kappa shape index (κ3) is 2.38. The number of nitriles is 1. The molecular formula is C30H19BN2. The molecule has 2 nitrogen and oxygen atoms in total. The van der Waals surface area contributed by atoms with Gasteiger partial charge in [0.1, 0.15) is 0 Å².